The molecular formula is C15H18N2O2S. The number of benzene rings is 1. The van der Waals surface area contributed by atoms with Crippen molar-refractivity contribution in [3.63, 3.8) is 0 Å². The fraction of sp³-hybridized carbons (Fsp3) is 0.400. The zero-order valence-corrected chi connectivity index (χ0v) is 12.3. The average Bonchev–Trinajstić information content (AvgIpc) is 2.46. The van der Waals surface area contributed by atoms with Crippen LogP contribution in [0.4, 0.5) is 5.69 Å². The predicted molar refractivity (Wildman–Crippen MR) is 83.1 cm³/mol. The molecule has 5 heteroatoms. The molecule has 1 heterocycles. The second-order valence-corrected chi connectivity index (χ2v) is 5.30. The second-order valence-electron chi connectivity index (χ2n) is 4.91. The summed E-state index contributed by atoms with van der Waals surface area (Å²) in [6.45, 7) is 3.10. The smallest absolute Gasteiger partial charge is 0.222 e. The van der Waals surface area contributed by atoms with Crippen LogP contribution >= 0.6 is 12.2 Å². The number of hydrogen-bond acceptors (Lipinski definition) is 3. The third kappa shape index (κ3) is 3.42. The highest BCUT2D eigenvalue weighted by Crippen LogP contribution is 2.19. The number of nitrogens with zero attached hydrogens (tertiary/aromatic N) is 1. The number of ketones is 1. The number of Topliss-reactive ketones (excluding diaryl/α,β-unsaturated/α-hetero) is 1. The molecule has 1 aliphatic rings. The number of thiocarbonyl (C=S) groups is 1. The van der Waals surface area contributed by atoms with Gasteiger partial charge in [0.05, 0.1) is 5.69 Å². The van der Waals surface area contributed by atoms with Crippen LogP contribution in [0.2, 0.25) is 0 Å². The summed E-state index contributed by atoms with van der Waals surface area (Å²) in [5.41, 5.74) is 0.975. The third-order valence-electron chi connectivity index (χ3n) is 3.32. The SMILES string of the molecule is CC(=O)Nc1ccccc1C(=O)C(=S)N1CCCCC1. The lowest BCUT2D eigenvalue weighted by Crippen LogP contribution is -2.39. The first-order chi connectivity index (χ1) is 9.59. The summed E-state index contributed by atoms with van der Waals surface area (Å²) in [6, 6.07) is 6.97. The van der Waals surface area contributed by atoms with Gasteiger partial charge in [-0.05, 0) is 31.4 Å². The van der Waals surface area contributed by atoms with Gasteiger partial charge in [0, 0.05) is 25.6 Å². The van der Waals surface area contributed by atoms with Crippen molar-refractivity contribution in [2.45, 2.75) is 26.2 Å². The average molecular weight is 290 g/mol. The van der Waals surface area contributed by atoms with E-state index >= 15 is 0 Å². The van der Waals surface area contributed by atoms with Crippen LogP contribution in [0.25, 0.3) is 0 Å². The zero-order chi connectivity index (χ0) is 14.5. The number of hydrogen-bond donors (Lipinski definition) is 1. The van der Waals surface area contributed by atoms with Gasteiger partial charge in [-0.2, -0.15) is 0 Å². The largest absolute Gasteiger partial charge is 0.360 e. The molecule has 106 valence electrons. The van der Waals surface area contributed by atoms with Crippen LogP contribution in [0.15, 0.2) is 24.3 Å². The molecule has 20 heavy (non-hydrogen) atoms. The van der Waals surface area contributed by atoms with E-state index in [-0.39, 0.29) is 11.7 Å². The molecule has 1 aliphatic heterocycles. The van der Waals surface area contributed by atoms with Crippen LogP contribution in [0.5, 0.6) is 0 Å². The number of carbonyl (C=O) groups is 2. The van der Waals surface area contributed by atoms with Crippen molar-refractivity contribution >= 4 is 34.6 Å². The van der Waals surface area contributed by atoms with E-state index in [0.29, 0.717) is 16.2 Å². The normalized spacial score (nSPS) is 14.8. The summed E-state index contributed by atoms with van der Waals surface area (Å²) in [5, 5.41) is 2.67. The second kappa shape index (κ2) is 6.61. The van der Waals surface area contributed by atoms with Crippen LogP contribution < -0.4 is 5.32 Å². The van der Waals surface area contributed by atoms with Crippen LogP contribution in [0, 0.1) is 0 Å². The molecule has 0 aromatic heterocycles. The Balaban J connectivity index is 2.19. The van der Waals surface area contributed by atoms with Gasteiger partial charge in [0.1, 0.15) is 0 Å². The van der Waals surface area contributed by atoms with Crippen LogP contribution in [-0.2, 0) is 4.79 Å². The number of carbonyl (C=O) groups excluding carboxylic acids is 2. The summed E-state index contributed by atoms with van der Waals surface area (Å²) in [6.07, 6.45) is 3.33. The number of amides is 1. The third-order valence-corrected chi connectivity index (χ3v) is 3.76. The van der Waals surface area contributed by atoms with Gasteiger partial charge < -0.3 is 10.2 Å². The quantitative estimate of drug-likeness (QED) is 0.687. The Morgan fingerprint density at radius 2 is 1.80 bits per heavy atom. The Hall–Kier alpha value is -1.75. The van der Waals surface area contributed by atoms with Crippen molar-refractivity contribution in [3.8, 4) is 0 Å². The molecule has 0 atom stereocenters. The summed E-state index contributed by atoms with van der Waals surface area (Å²) >= 11 is 5.32. The van der Waals surface area contributed by atoms with Crippen molar-refractivity contribution in [2.24, 2.45) is 0 Å². The molecule has 2 rings (SSSR count). The van der Waals surface area contributed by atoms with Crippen LogP contribution in [0.1, 0.15) is 36.5 Å². The number of likely N-dealkylation sites (tertiary alicyclic amines) is 1. The molecule has 0 spiro atoms. The van der Waals surface area contributed by atoms with Crippen molar-refractivity contribution in [2.75, 3.05) is 18.4 Å². The van der Waals surface area contributed by atoms with E-state index in [1.807, 2.05) is 4.90 Å². The Labute approximate surface area is 124 Å². The maximum Gasteiger partial charge on any atom is 0.222 e. The summed E-state index contributed by atoms with van der Waals surface area (Å²) < 4.78 is 0. The van der Waals surface area contributed by atoms with Gasteiger partial charge in [0.2, 0.25) is 11.7 Å². The van der Waals surface area contributed by atoms with Gasteiger partial charge in [0.25, 0.3) is 0 Å². The molecule has 1 saturated heterocycles. The number of anilines is 1. The Bertz CT molecular complexity index is 536. The minimum atomic E-state index is -0.200. The Morgan fingerprint density at radius 1 is 1.15 bits per heavy atom. The predicted octanol–water partition coefficient (Wildman–Crippen LogP) is 2.64. The van der Waals surface area contributed by atoms with Gasteiger partial charge >= 0.3 is 0 Å². The van der Waals surface area contributed by atoms with E-state index in [0.717, 1.165) is 25.9 Å². The molecule has 4 nitrogen and oxygen atoms in total. The molecule has 1 aromatic rings. The fourth-order valence-electron chi connectivity index (χ4n) is 2.34. The zero-order valence-electron chi connectivity index (χ0n) is 11.5. The number of piperidine rings is 1. The highest BCUT2D eigenvalue weighted by molar-refractivity contribution is 7.82. The molecule has 1 N–H and O–H groups in total. The van der Waals surface area contributed by atoms with Gasteiger partial charge in [0.15, 0.2) is 4.99 Å². The highest BCUT2D eigenvalue weighted by atomic mass is 32.1. The minimum Gasteiger partial charge on any atom is -0.360 e. The van der Waals surface area contributed by atoms with E-state index in [1.165, 1.54) is 13.3 Å². The van der Waals surface area contributed by atoms with Crippen molar-refractivity contribution in [1.29, 1.82) is 0 Å². The lowest BCUT2D eigenvalue weighted by atomic mass is 10.1. The van der Waals surface area contributed by atoms with E-state index in [9.17, 15) is 9.59 Å². The molecule has 0 bridgehead atoms. The van der Waals surface area contributed by atoms with E-state index < -0.39 is 0 Å². The molecule has 1 aromatic carbocycles. The van der Waals surface area contributed by atoms with Gasteiger partial charge in [-0.3, -0.25) is 9.59 Å². The molecule has 0 saturated carbocycles. The van der Waals surface area contributed by atoms with Gasteiger partial charge in [-0.1, -0.05) is 24.4 Å². The van der Waals surface area contributed by atoms with Crippen molar-refractivity contribution < 1.29 is 9.59 Å². The maximum absolute atomic E-state index is 12.5. The highest BCUT2D eigenvalue weighted by Gasteiger charge is 2.22. The number of nitrogens with one attached hydrogen (secondary N) is 1. The Morgan fingerprint density at radius 3 is 2.45 bits per heavy atom. The maximum atomic E-state index is 12.5. The topological polar surface area (TPSA) is 49.4 Å². The molecule has 1 fully saturated rings. The van der Waals surface area contributed by atoms with Gasteiger partial charge in [-0.15, -0.1) is 0 Å². The van der Waals surface area contributed by atoms with E-state index in [4.69, 9.17) is 12.2 Å². The van der Waals surface area contributed by atoms with Crippen molar-refractivity contribution in [1.82, 2.24) is 4.90 Å². The summed E-state index contributed by atoms with van der Waals surface area (Å²) in [7, 11) is 0. The minimum absolute atomic E-state index is 0.189. The summed E-state index contributed by atoms with van der Waals surface area (Å²) in [4.78, 5) is 26.0. The first kappa shape index (κ1) is 14.7. The van der Waals surface area contributed by atoms with Crippen LogP contribution in [-0.4, -0.2) is 34.7 Å². The number of para-hydroxylation sites is 1. The first-order valence-electron chi connectivity index (χ1n) is 6.80. The lowest BCUT2D eigenvalue weighted by molar-refractivity contribution is -0.114. The molecule has 0 unspecified atom stereocenters. The van der Waals surface area contributed by atoms with Gasteiger partial charge in [-0.25, -0.2) is 0 Å². The lowest BCUT2D eigenvalue weighted by Gasteiger charge is -2.28. The molecular weight excluding hydrogens is 272 g/mol. The monoisotopic (exact) mass is 290 g/mol. The van der Waals surface area contributed by atoms with Crippen molar-refractivity contribution in [3.05, 3.63) is 29.8 Å². The van der Waals surface area contributed by atoms with E-state index in [1.54, 1.807) is 24.3 Å². The molecule has 0 aliphatic carbocycles. The Kier molecular flexibility index (Phi) is 4.84. The standard InChI is InChI=1S/C15H18N2O2S/c1-11(18)16-13-8-4-3-7-12(13)14(19)15(20)17-9-5-2-6-10-17/h3-4,7-8H,2,5-6,9-10H2,1H3,(H,16,18). The number of rotatable bonds is 3. The first-order valence-corrected chi connectivity index (χ1v) is 7.20. The molecule has 0 radical (unpaired) electrons. The summed E-state index contributed by atoms with van der Waals surface area (Å²) in [5.74, 6) is -0.389. The van der Waals surface area contributed by atoms with E-state index in [2.05, 4.69) is 5.32 Å². The fourth-order valence-corrected chi connectivity index (χ4v) is 2.63. The van der Waals surface area contributed by atoms with Crippen LogP contribution in [0.3, 0.4) is 0 Å². The molecule has 1 amide bonds.